The third kappa shape index (κ3) is 3.52. The highest BCUT2D eigenvalue weighted by molar-refractivity contribution is 6.10. The molecule has 1 N–H and O–H groups in total. The predicted octanol–water partition coefficient (Wildman–Crippen LogP) is 1.78. The molecule has 1 aromatic carbocycles. The molecule has 4 rings (SSSR count). The van der Waals surface area contributed by atoms with E-state index in [1.807, 2.05) is 6.07 Å². The van der Waals surface area contributed by atoms with Crippen molar-refractivity contribution in [1.82, 2.24) is 4.90 Å². The minimum Gasteiger partial charge on any atom is -0.465 e. The summed E-state index contributed by atoms with van der Waals surface area (Å²) in [6.45, 7) is 3.02. The summed E-state index contributed by atoms with van der Waals surface area (Å²) >= 11 is 0. The number of ether oxygens (including phenoxy) is 1. The van der Waals surface area contributed by atoms with E-state index < -0.39 is 11.5 Å². The minimum absolute atomic E-state index is 0.320. The molecule has 7 nitrogen and oxygen atoms in total. The summed E-state index contributed by atoms with van der Waals surface area (Å²) in [6.07, 6.45) is 4.05. The third-order valence-corrected chi connectivity index (χ3v) is 5.09. The molecule has 1 atom stereocenters. The number of ketones is 1. The van der Waals surface area contributed by atoms with E-state index in [4.69, 9.17) is 9.15 Å². The molecule has 28 heavy (non-hydrogen) atoms. The normalized spacial score (nSPS) is 22.8. The molecule has 1 amide bonds. The Morgan fingerprint density at radius 1 is 1.18 bits per heavy atom. The van der Waals surface area contributed by atoms with Gasteiger partial charge in [-0.25, -0.2) is 0 Å². The molecular weight excluding hydrogens is 360 g/mol. The smallest absolute Gasteiger partial charge is 0.265 e. The van der Waals surface area contributed by atoms with Crippen molar-refractivity contribution in [2.45, 2.75) is 12.0 Å². The van der Waals surface area contributed by atoms with Gasteiger partial charge in [-0.05, 0) is 30.4 Å². The highest BCUT2D eigenvalue weighted by Crippen LogP contribution is 2.42. The van der Waals surface area contributed by atoms with Gasteiger partial charge in [-0.3, -0.25) is 19.4 Å². The minimum atomic E-state index is -1.87. The van der Waals surface area contributed by atoms with Crippen molar-refractivity contribution >= 4 is 23.5 Å². The van der Waals surface area contributed by atoms with Crippen LogP contribution in [0.2, 0.25) is 0 Å². The maximum atomic E-state index is 13.1. The maximum Gasteiger partial charge on any atom is 0.265 e. The molecule has 0 unspecified atom stereocenters. The number of anilines is 1. The van der Waals surface area contributed by atoms with Gasteiger partial charge in [0.2, 0.25) is 0 Å². The van der Waals surface area contributed by atoms with Crippen LogP contribution in [0.15, 0.2) is 53.2 Å². The fourth-order valence-electron chi connectivity index (χ4n) is 3.63. The van der Waals surface area contributed by atoms with Gasteiger partial charge in [0.15, 0.2) is 11.4 Å². The lowest BCUT2D eigenvalue weighted by molar-refractivity contribution is -0.141. The molecule has 1 fully saturated rings. The molecule has 146 valence electrons. The standard InChI is InChI=1S/C21H22N2O5/c24-16(7-8-17-4-3-11-28-17)14-21(26)18-5-1-2-6-19(18)23(20(21)25)15-22-9-12-27-13-10-22/h1-8,11,26H,9-10,12-15H2/b8-7-/t21-/m1/s1. The van der Waals surface area contributed by atoms with Crippen molar-refractivity contribution in [3.8, 4) is 0 Å². The van der Waals surface area contributed by atoms with Crippen molar-refractivity contribution in [3.63, 3.8) is 0 Å². The van der Waals surface area contributed by atoms with Gasteiger partial charge in [0.05, 0.1) is 38.3 Å². The molecule has 7 heteroatoms. The number of hydrogen-bond donors (Lipinski definition) is 1. The zero-order valence-corrected chi connectivity index (χ0v) is 15.4. The van der Waals surface area contributed by atoms with E-state index in [0.717, 1.165) is 13.1 Å². The Morgan fingerprint density at radius 3 is 2.71 bits per heavy atom. The van der Waals surface area contributed by atoms with Gasteiger partial charge in [0, 0.05) is 18.7 Å². The highest BCUT2D eigenvalue weighted by atomic mass is 16.5. The van der Waals surface area contributed by atoms with Crippen LogP contribution in [0.4, 0.5) is 5.69 Å². The molecule has 0 bridgehead atoms. The molecule has 0 radical (unpaired) electrons. The van der Waals surface area contributed by atoms with Crippen LogP contribution in [0.25, 0.3) is 6.08 Å². The number of rotatable bonds is 6. The highest BCUT2D eigenvalue weighted by Gasteiger charge is 2.50. The van der Waals surface area contributed by atoms with E-state index in [1.165, 1.54) is 18.4 Å². The Balaban J connectivity index is 1.55. The SMILES string of the molecule is O=C(/C=C\c1ccco1)C[C@]1(O)C(=O)N(CN2CCOCC2)c2ccccc21. The predicted molar refractivity (Wildman–Crippen MR) is 102 cm³/mol. The number of aliphatic hydroxyl groups is 1. The number of morpholine rings is 1. The Kier molecular flexibility index (Phi) is 5.13. The molecule has 2 aromatic rings. The number of fused-ring (bicyclic) bond motifs is 1. The lowest BCUT2D eigenvalue weighted by atomic mass is 9.90. The second-order valence-electron chi connectivity index (χ2n) is 6.97. The number of nitrogens with zero attached hydrogens (tertiary/aromatic N) is 2. The van der Waals surface area contributed by atoms with Crippen LogP contribution in [-0.2, 0) is 19.9 Å². The van der Waals surface area contributed by atoms with Crippen molar-refractivity contribution in [1.29, 1.82) is 0 Å². The second-order valence-corrected chi connectivity index (χ2v) is 6.97. The molecule has 0 spiro atoms. The van der Waals surface area contributed by atoms with Crippen LogP contribution in [-0.4, -0.2) is 54.7 Å². The largest absolute Gasteiger partial charge is 0.465 e. The number of para-hydroxylation sites is 1. The summed E-state index contributed by atoms with van der Waals surface area (Å²) < 4.78 is 10.5. The van der Waals surface area contributed by atoms with E-state index in [0.29, 0.717) is 36.9 Å². The van der Waals surface area contributed by atoms with E-state index in [2.05, 4.69) is 4.90 Å². The maximum absolute atomic E-state index is 13.1. The Morgan fingerprint density at radius 2 is 1.96 bits per heavy atom. The zero-order chi connectivity index (χ0) is 19.6. The Labute approximate surface area is 162 Å². The van der Waals surface area contributed by atoms with Gasteiger partial charge in [0.1, 0.15) is 5.76 Å². The first kappa shape index (κ1) is 18.6. The van der Waals surface area contributed by atoms with Gasteiger partial charge < -0.3 is 14.3 Å². The first-order valence-electron chi connectivity index (χ1n) is 9.26. The first-order valence-corrected chi connectivity index (χ1v) is 9.26. The summed E-state index contributed by atoms with van der Waals surface area (Å²) in [7, 11) is 0. The van der Waals surface area contributed by atoms with E-state index in [-0.39, 0.29) is 12.2 Å². The summed E-state index contributed by atoms with van der Waals surface area (Å²) in [5.41, 5.74) is -0.759. The van der Waals surface area contributed by atoms with Crippen molar-refractivity contribution in [2.75, 3.05) is 37.9 Å². The molecule has 0 aliphatic carbocycles. The van der Waals surface area contributed by atoms with Gasteiger partial charge in [-0.1, -0.05) is 18.2 Å². The van der Waals surface area contributed by atoms with Gasteiger partial charge in [-0.2, -0.15) is 0 Å². The number of hydrogen-bond acceptors (Lipinski definition) is 6. The third-order valence-electron chi connectivity index (χ3n) is 5.09. The number of furan rings is 1. The molecule has 3 heterocycles. The average Bonchev–Trinajstić information content (AvgIpc) is 3.30. The molecule has 2 aliphatic heterocycles. The Hall–Kier alpha value is -2.74. The van der Waals surface area contributed by atoms with Gasteiger partial charge in [-0.15, -0.1) is 0 Å². The van der Waals surface area contributed by atoms with Crippen molar-refractivity contribution in [3.05, 3.63) is 60.1 Å². The van der Waals surface area contributed by atoms with Gasteiger partial charge in [0.25, 0.3) is 5.91 Å². The first-order chi connectivity index (χ1) is 13.6. The van der Waals surface area contributed by atoms with Crippen LogP contribution in [0.1, 0.15) is 17.7 Å². The van der Waals surface area contributed by atoms with Crippen molar-refractivity contribution in [2.24, 2.45) is 0 Å². The number of allylic oxidation sites excluding steroid dienone is 1. The fourth-order valence-corrected chi connectivity index (χ4v) is 3.63. The topological polar surface area (TPSA) is 83.2 Å². The van der Waals surface area contributed by atoms with Crippen molar-refractivity contribution < 1.29 is 23.8 Å². The van der Waals surface area contributed by atoms with E-state index in [1.54, 1.807) is 35.2 Å². The molecule has 2 aliphatic rings. The molecule has 0 saturated carbocycles. The number of carbonyl (C=O) groups excluding carboxylic acids is 2. The fraction of sp³-hybridized carbons (Fsp3) is 0.333. The second kappa shape index (κ2) is 7.71. The number of carbonyl (C=O) groups is 2. The quantitative estimate of drug-likeness (QED) is 0.767. The lowest BCUT2D eigenvalue weighted by Gasteiger charge is -2.31. The number of amides is 1. The van der Waals surface area contributed by atoms with E-state index >= 15 is 0 Å². The van der Waals surface area contributed by atoms with Crippen LogP contribution in [0.3, 0.4) is 0 Å². The zero-order valence-electron chi connectivity index (χ0n) is 15.4. The van der Waals surface area contributed by atoms with Crippen LogP contribution in [0, 0.1) is 0 Å². The Bertz CT molecular complexity index is 886. The summed E-state index contributed by atoms with van der Waals surface area (Å²) in [6, 6.07) is 10.5. The van der Waals surface area contributed by atoms with Crippen LogP contribution >= 0.6 is 0 Å². The summed E-state index contributed by atoms with van der Waals surface area (Å²) in [4.78, 5) is 29.3. The molecule has 1 saturated heterocycles. The molecule has 1 aromatic heterocycles. The van der Waals surface area contributed by atoms with Crippen LogP contribution in [0.5, 0.6) is 0 Å². The van der Waals surface area contributed by atoms with E-state index in [9.17, 15) is 14.7 Å². The summed E-state index contributed by atoms with van der Waals surface area (Å²) in [5.74, 6) is -0.289. The number of benzene rings is 1. The summed E-state index contributed by atoms with van der Waals surface area (Å²) in [5, 5.41) is 11.2. The molecular formula is C21H22N2O5. The lowest BCUT2D eigenvalue weighted by Crippen LogP contribution is -2.48. The van der Waals surface area contributed by atoms with Gasteiger partial charge >= 0.3 is 0 Å². The van der Waals surface area contributed by atoms with Crippen LogP contribution < -0.4 is 4.90 Å². The monoisotopic (exact) mass is 382 g/mol. The average molecular weight is 382 g/mol.